The lowest BCUT2D eigenvalue weighted by molar-refractivity contribution is 0.0694. The second-order valence-corrected chi connectivity index (χ2v) is 5.62. The Balaban J connectivity index is 1.95. The number of halogens is 1. The highest BCUT2D eigenvalue weighted by molar-refractivity contribution is 6.29. The molecule has 1 atom stereocenters. The summed E-state index contributed by atoms with van der Waals surface area (Å²) in [5.74, 6) is 1.06. The van der Waals surface area contributed by atoms with Crippen LogP contribution in [0.15, 0.2) is 6.07 Å². The van der Waals surface area contributed by atoms with Crippen molar-refractivity contribution >= 4 is 17.5 Å². The van der Waals surface area contributed by atoms with Crippen molar-refractivity contribution in [3.63, 3.8) is 0 Å². The molecule has 0 unspecified atom stereocenters. The molecule has 102 valence electrons. The summed E-state index contributed by atoms with van der Waals surface area (Å²) in [4.78, 5) is 18.6. The van der Waals surface area contributed by atoms with E-state index in [-0.39, 0.29) is 11.9 Å². The van der Waals surface area contributed by atoms with Gasteiger partial charge >= 0.3 is 0 Å². The van der Waals surface area contributed by atoms with Crippen molar-refractivity contribution in [3.8, 4) is 5.88 Å². The van der Waals surface area contributed by atoms with E-state index >= 15 is 0 Å². The maximum atomic E-state index is 12.5. The zero-order valence-electron chi connectivity index (χ0n) is 11.1. The van der Waals surface area contributed by atoms with Crippen LogP contribution in [0.5, 0.6) is 5.88 Å². The van der Waals surface area contributed by atoms with Gasteiger partial charge in [0.05, 0.1) is 6.61 Å². The lowest BCUT2D eigenvalue weighted by Crippen LogP contribution is -2.34. The van der Waals surface area contributed by atoms with Gasteiger partial charge in [0.15, 0.2) is 0 Å². The molecule has 1 aliphatic carbocycles. The first-order valence-corrected chi connectivity index (χ1v) is 7.12. The number of pyridine rings is 1. The Morgan fingerprint density at radius 2 is 2.32 bits per heavy atom. The number of carbonyl (C=O) groups excluding carboxylic acids is 1. The van der Waals surface area contributed by atoms with Crippen molar-refractivity contribution in [3.05, 3.63) is 22.3 Å². The van der Waals surface area contributed by atoms with Crippen LogP contribution < -0.4 is 4.74 Å². The van der Waals surface area contributed by atoms with Crippen molar-refractivity contribution in [1.29, 1.82) is 0 Å². The predicted molar refractivity (Wildman–Crippen MR) is 72.5 cm³/mol. The van der Waals surface area contributed by atoms with E-state index in [1.807, 2.05) is 11.8 Å². The summed E-state index contributed by atoms with van der Waals surface area (Å²) in [7, 11) is 0. The minimum atomic E-state index is 0.0296. The van der Waals surface area contributed by atoms with Crippen LogP contribution in [0.3, 0.4) is 0 Å². The quantitative estimate of drug-likeness (QED) is 0.797. The normalized spacial score (nSPS) is 19.5. The van der Waals surface area contributed by atoms with Gasteiger partial charge in [0.2, 0.25) is 5.88 Å². The van der Waals surface area contributed by atoms with Gasteiger partial charge in [-0.05, 0) is 44.2 Å². The number of rotatable bonds is 4. The predicted octanol–water partition coefficient (Wildman–Crippen LogP) is 2.89. The van der Waals surface area contributed by atoms with Gasteiger partial charge in [-0.15, -0.1) is 0 Å². The van der Waals surface area contributed by atoms with Gasteiger partial charge in [-0.2, -0.15) is 0 Å². The molecule has 19 heavy (non-hydrogen) atoms. The summed E-state index contributed by atoms with van der Waals surface area (Å²) in [6.07, 6.45) is 2.44. The molecule has 1 amide bonds. The largest absolute Gasteiger partial charge is 0.477 e. The Morgan fingerprint density at radius 3 is 2.95 bits per heavy atom. The topological polar surface area (TPSA) is 42.4 Å². The second kappa shape index (κ2) is 4.67. The molecule has 1 saturated carbocycles. The van der Waals surface area contributed by atoms with E-state index in [0.717, 1.165) is 5.56 Å². The van der Waals surface area contributed by atoms with E-state index in [0.29, 0.717) is 35.7 Å². The van der Waals surface area contributed by atoms with E-state index in [4.69, 9.17) is 16.3 Å². The van der Waals surface area contributed by atoms with Gasteiger partial charge in [-0.1, -0.05) is 11.6 Å². The number of carbonyl (C=O) groups is 1. The first-order valence-electron chi connectivity index (χ1n) is 6.75. The standard InChI is InChI=1S/C14H17ClN2O2/c1-3-19-13-12-10(6-11(15)16-13)7-17(14(12)18)8(2)9-4-5-9/h6,8-9H,3-5,7H2,1-2H3/t8-/m0/s1. The summed E-state index contributed by atoms with van der Waals surface area (Å²) < 4.78 is 5.46. The van der Waals surface area contributed by atoms with E-state index in [9.17, 15) is 4.79 Å². The Hall–Kier alpha value is -1.29. The van der Waals surface area contributed by atoms with Crippen LogP contribution in [0, 0.1) is 5.92 Å². The Kier molecular flexibility index (Phi) is 3.13. The molecule has 0 bridgehead atoms. The molecule has 4 nitrogen and oxygen atoms in total. The van der Waals surface area contributed by atoms with Crippen molar-refractivity contribution in [2.75, 3.05) is 6.61 Å². The Labute approximate surface area is 117 Å². The van der Waals surface area contributed by atoms with Gasteiger partial charge in [0.25, 0.3) is 5.91 Å². The van der Waals surface area contributed by atoms with Gasteiger partial charge in [0, 0.05) is 12.6 Å². The van der Waals surface area contributed by atoms with Crippen LogP contribution in [0.2, 0.25) is 5.15 Å². The summed E-state index contributed by atoms with van der Waals surface area (Å²) in [5.41, 5.74) is 1.53. The van der Waals surface area contributed by atoms with Crippen LogP contribution in [0.4, 0.5) is 0 Å². The van der Waals surface area contributed by atoms with Crippen LogP contribution in [-0.4, -0.2) is 28.4 Å². The van der Waals surface area contributed by atoms with E-state index in [1.54, 1.807) is 6.07 Å². The highest BCUT2D eigenvalue weighted by Crippen LogP contribution is 2.40. The van der Waals surface area contributed by atoms with Crippen LogP contribution in [0.25, 0.3) is 0 Å². The van der Waals surface area contributed by atoms with Gasteiger partial charge in [0.1, 0.15) is 10.7 Å². The van der Waals surface area contributed by atoms with Gasteiger partial charge < -0.3 is 9.64 Å². The maximum absolute atomic E-state index is 12.5. The highest BCUT2D eigenvalue weighted by Gasteiger charge is 2.40. The SMILES string of the molecule is CCOc1nc(Cl)cc2c1C(=O)N([C@@H](C)C1CC1)C2. The van der Waals surface area contributed by atoms with Crippen molar-refractivity contribution < 1.29 is 9.53 Å². The minimum absolute atomic E-state index is 0.0296. The molecule has 1 aromatic heterocycles. The Morgan fingerprint density at radius 1 is 1.58 bits per heavy atom. The first-order chi connectivity index (χ1) is 9.11. The van der Waals surface area contributed by atoms with Gasteiger partial charge in [-0.3, -0.25) is 4.79 Å². The molecule has 0 aromatic carbocycles. The van der Waals surface area contributed by atoms with E-state index < -0.39 is 0 Å². The molecule has 0 radical (unpaired) electrons. The number of amides is 1. The molecular formula is C14H17ClN2O2. The van der Waals surface area contributed by atoms with Crippen LogP contribution in [-0.2, 0) is 6.54 Å². The van der Waals surface area contributed by atoms with Crippen molar-refractivity contribution in [2.45, 2.75) is 39.3 Å². The average Bonchev–Trinajstić information content (AvgIpc) is 3.14. The average molecular weight is 281 g/mol. The molecule has 2 heterocycles. The summed E-state index contributed by atoms with van der Waals surface area (Å²) in [5, 5.41) is 0.385. The lowest BCUT2D eigenvalue weighted by Gasteiger charge is -2.23. The fourth-order valence-corrected chi connectivity index (χ4v) is 2.90. The number of fused-ring (bicyclic) bond motifs is 1. The van der Waals surface area contributed by atoms with Gasteiger partial charge in [-0.25, -0.2) is 4.98 Å². The van der Waals surface area contributed by atoms with Crippen molar-refractivity contribution in [2.24, 2.45) is 5.92 Å². The second-order valence-electron chi connectivity index (χ2n) is 5.23. The molecule has 0 saturated heterocycles. The zero-order chi connectivity index (χ0) is 13.6. The van der Waals surface area contributed by atoms with E-state index in [2.05, 4.69) is 11.9 Å². The highest BCUT2D eigenvalue weighted by atomic mass is 35.5. The number of aromatic nitrogens is 1. The molecule has 1 aliphatic heterocycles. The lowest BCUT2D eigenvalue weighted by atomic mass is 10.2. The summed E-state index contributed by atoms with van der Waals surface area (Å²) in [6, 6.07) is 2.06. The number of hydrogen-bond donors (Lipinski definition) is 0. The molecule has 1 fully saturated rings. The maximum Gasteiger partial charge on any atom is 0.260 e. The molecule has 5 heteroatoms. The first kappa shape index (κ1) is 12.7. The molecule has 3 rings (SSSR count). The molecule has 0 N–H and O–H groups in total. The fourth-order valence-electron chi connectivity index (χ4n) is 2.69. The number of hydrogen-bond acceptors (Lipinski definition) is 3. The molecule has 2 aliphatic rings. The fraction of sp³-hybridized carbons (Fsp3) is 0.571. The third-order valence-electron chi connectivity index (χ3n) is 3.93. The van der Waals surface area contributed by atoms with Crippen molar-refractivity contribution in [1.82, 2.24) is 9.88 Å². The summed E-state index contributed by atoms with van der Waals surface area (Å²) in [6.45, 7) is 5.09. The Bertz CT molecular complexity index is 528. The van der Waals surface area contributed by atoms with Crippen LogP contribution >= 0.6 is 11.6 Å². The molecular weight excluding hydrogens is 264 g/mol. The summed E-state index contributed by atoms with van der Waals surface area (Å²) >= 11 is 5.99. The zero-order valence-corrected chi connectivity index (χ0v) is 11.9. The molecule has 0 spiro atoms. The molecule has 1 aromatic rings. The monoisotopic (exact) mass is 280 g/mol. The number of nitrogens with zero attached hydrogens (tertiary/aromatic N) is 2. The number of ether oxygens (including phenoxy) is 1. The minimum Gasteiger partial charge on any atom is -0.477 e. The third kappa shape index (κ3) is 2.18. The smallest absolute Gasteiger partial charge is 0.260 e. The van der Waals surface area contributed by atoms with Crippen LogP contribution in [0.1, 0.15) is 42.6 Å². The third-order valence-corrected chi connectivity index (χ3v) is 4.12. The van der Waals surface area contributed by atoms with E-state index in [1.165, 1.54) is 12.8 Å².